The molecule has 1 aliphatic rings. The minimum Gasteiger partial charge on any atom is -0.497 e. The van der Waals surface area contributed by atoms with Crippen LogP contribution in [0.4, 0.5) is 5.69 Å². The summed E-state index contributed by atoms with van der Waals surface area (Å²) in [7, 11) is 1.17. The molecule has 0 spiro atoms. The van der Waals surface area contributed by atoms with Gasteiger partial charge in [0.2, 0.25) is 0 Å². The first-order chi connectivity index (χ1) is 19.9. The predicted molar refractivity (Wildman–Crippen MR) is 172 cm³/mol. The molecule has 0 radical (unpaired) electrons. The van der Waals surface area contributed by atoms with Gasteiger partial charge in [-0.25, -0.2) is 0 Å². The van der Waals surface area contributed by atoms with Crippen LogP contribution >= 0.6 is 0 Å². The summed E-state index contributed by atoms with van der Waals surface area (Å²) in [5.74, 6) is 1.61. The van der Waals surface area contributed by atoms with Gasteiger partial charge in [0.15, 0.2) is 19.8 Å². The molecule has 1 unspecified atom stereocenters. The minimum absolute atomic E-state index is 0.0480. The molecule has 1 atom stereocenters. The van der Waals surface area contributed by atoms with E-state index in [0.717, 1.165) is 16.9 Å². The molecular weight excluding hydrogens is 544 g/mol. The quantitative estimate of drug-likeness (QED) is 0.199. The van der Waals surface area contributed by atoms with E-state index < -0.39 is 8.32 Å². The van der Waals surface area contributed by atoms with Gasteiger partial charge in [-0.15, -0.1) is 0 Å². The molecule has 224 valence electrons. The summed E-state index contributed by atoms with van der Waals surface area (Å²) >= 11 is 0. The van der Waals surface area contributed by atoms with Crippen LogP contribution in [0.2, 0.25) is 18.1 Å². The number of carbonyl (C=O) groups excluding carboxylic acids is 1. The molecule has 3 aromatic rings. The highest BCUT2D eigenvalue weighted by molar-refractivity contribution is 6.74. The molecule has 7 nitrogen and oxygen atoms in total. The fourth-order valence-electron chi connectivity index (χ4n) is 4.68. The lowest BCUT2D eigenvalue weighted by Gasteiger charge is -2.40. The third-order valence-corrected chi connectivity index (χ3v) is 12.9. The third kappa shape index (κ3) is 7.17. The maximum absolute atomic E-state index is 14.1. The Morgan fingerprint density at radius 2 is 1.67 bits per heavy atom. The van der Waals surface area contributed by atoms with Gasteiger partial charge in [-0.3, -0.25) is 4.79 Å². The summed E-state index contributed by atoms with van der Waals surface area (Å²) in [4.78, 5) is 16.0. The van der Waals surface area contributed by atoms with Crippen molar-refractivity contribution in [3.05, 3.63) is 89.5 Å². The lowest BCUT2D eigenvalue weighted by Crippen LogP contribution is -2.49. The van der Waals surface area contributed by atoms with Crippen LogP contribution in [0.3, 0.4) is 0 Å². The van der Waals surface area contributed by atoms with E-state index in [1.165, 1.54) is 5.57 Å². The molecule has 1 amide bonds. The molecule has 0 bridgehead atoms. The zero-order valence-corrected chi connectivity index (χ0v) is 26.9. The molecule has 0 fully saturated rings. The van der Waals surface area contributed by atoms with E-state index in [4.69, 9.17) is 24.4 Å². The van der Waals surface area contributed by atoms with E-state index in [-0.39, 0.29) is 17.0 Å². The van der Waals surface area contributed by atoms with Gasteiger partial charge in [0.1, 0.15) is 12.4 Å². The SMILES string of the molecule is COc1ccc(C2=CC(CO[Si](C)(C)C(C)(C)C)N(C(=O)c3cc(OC)c(OCc4ccccc4)cc3N)CC2)cc1. The minimum atomic E-state index is -2.06. The molecule has 42 heavy (non-hydrogen) atoms. The third-order valence-electron chi connectivity index (χ3n) is 8.36. The number of methoxy groups -OCH3 is 2. The van der Waals surface area contributed by atoms with Crippen molar-refractivity contribution in [1.82, 2.24) is 4.90 Å². The number of benzene rings is 3. The summed E-state index contributed by atoms with van der Waals surface area (Å²) in [6.45, 7) is 12.4. The number of ether oxygens (including phenoxy) is 3. The molecule has 8 heteroatoms. The highest BCUT2D eigenvalue weighted by Gasteiger charge is 2.39. The molecular formula is C34H44N2O5Si. The van der Waals surface area contributed by atoms with E-state index in [9.17, 15) is 4.79 Å². The van der Waals surface area contributed by atoms with Crippen molar-refractivity contribution in [1.29, 1.82) is 0 Å². The van der Waals surface area contributed by atoms with Crippen LogP contribution in [0.25, 0.3) is 5.57 Å². The second kappa shape index (κ2) is 13.0. The van der Waals surface area contributed by atoms with E-state index in [2.05, 4.69) is 52.1 Å². The first kappa shape index (κ1) is 31.2. The lowest BCUT2D eigenvalue weighted by atomic mass is 9.95. The summed E-state index contributed by atoms with van der Waals surface area (Å²) < 4.78 is 23.6. The number of hydrogen-bond acceptors (Lipinski definition) is 6. The van der Waals surface area contributed by atoms with E-state index in [1.807, 2.05) is 47.4 Å². The van der Waals surface area contributed by atoms with Gasteiger partial charge in [-0.2, -0.15) is 0 Å². The Labute approximate surface area is 251 Å². The maximum Gasteiger partial charge on any atom is 0.256 e. The Morgan fingerprint density at radius 3 is 2.29 bits per heavy atom. The summed E-state index contributed by atoms with van der Waals surface area (Å²) in [6.07, 6.45) is 2.88. The van der Waals surface area contributed by atoms with E-state index >= 15 is 0 Å². The van der Waals surface area contributed by atoms with Crippen molar-refractivity contribution in [2.45, 2.75) is 58.0 Å². The van der Waals surface area contributed by atoms with Crippen LogP contribution < -0.4 is 19.9 Å². The van der Waals surface area contributed by atoms with Crippen LogP contribution in [0.5, 0.6) is 17.2 Å². The Balaban J connectivity index is 1.62. The summed E-state index contributed by atoms with van der Waals surface area (Å²) in [5.41, 5.74) is 10.5. The van der Waals surface area contributed by atoms with E-state index in [0.29, 0.717) is 48.9 Å². The number of amides is 1. The van der Waals surface area contributed by atoms with Crippen LogP contribution in [0.1, 0.15) is 48.7 Å². The van der Waals surface area contributed by atoms with Crippen LogP contribution in [-0.2, 0) is 11.0 Å². The van der Waals surface area contributed by atoms with E-state index in [1.54, 1.807) is 26.4 Å². The van der Waals surface area contributed by atoms with Crippen molar-refractivity contribution in [2.75, 3.05) is 33.1 Å². The molecule has 2 N–H and O–H groups in total. The molecule has 4 rings (SSSR count). The Morgan fingerprint density at radius 1 is 0.976 bits per heavy atom. The zero-order chi connectivity index (χ0) is 30.5. The molecule has 3 aromatic carbocycles. The lowest BCUT2D eigenvalue weighted by molar-refractivity contribution is 0.0655. The molecule has 0 saturated heterocycles. The van der Waals surface area contributed by atoms with Gasteiger partial charge in [-0.05, 0) is 59.5 Å². The highest BCUT2D eigenvalue weighted by Crippen LogP contribution is 2.38. The standard InChI is InChI=1S/C34H44N2O5Si/c1-34(2,3)42(6,7)41-23-27-19-26(25-13-15-28(38-4)16-14-25)17-18-36(27)33(37)29-20-31(39-5)32(21-30(29)35)40-22-24-11-9-8-10-12-24/h8-16,19-21,27H,17-18,22-23,35H2,1-7H3. The highest BCUT2D eigenvalue weighted by atomic mass is 28.4. The molecule has 1 heterocycles. The number of nitrogens with two attached hydrogens (primary N) is 1. The second-order valence-corrected chi connectivity index (χ2v) is 17.0. The first-order valence-corrected chi connectivity index (χ1v) is 17.3. The van der Waals surface area contributed by atoms with Gasteiger partial charge in [-0.1, -0.05) is 69.3 Å². The monoisotopic (exact) mass is 588 g/mol. The average Bonchev–Trinajstić information content (AvgIpc) is 2.98. The number of anilines is 1. The predicted octanol–water partition coefficient (Wildman–Crippen LogP) is 7.18. The van der Waals surface area contributed by atoms with Gasteiger partial charge >= 0.3 is 0 Å². The fourth-order valence-corrected chi connectivity index (χ4v) is 5.70. The van der Waals surface area contributed by atoms with Gasteiger partial charge in [0.05, 0.1) is 32.4 Å². The second-order valence-electron chi connectivity index (χ2n) is 12.2. The number of hydrogen-bond donors (Lipinski definition) is 1. The van der Waals surface area contributed by atoms with Crippen molar-refractivity contribution in [2.24, 2.45) is 0 Å². The number of nitrogens with zero attached hydrogens (tertiary/aromatic N) is 1. The maximum atomic E-state index is 14.1. The Hall–Kier alpha value is -3.75. The topological polar surface area (TPSA) is 83.2 Å². The molecule has 1 aliphatic heterocycles. The smallest absolute Gasteiger partial charge is 0.256 e. The average molecular weight is 589 g/mol. The summed E-state index contributed by atoms with van der Waals surface area (Å²) in [6, 6.07) is 21.0. The van der Waals surface area contributed by atoms with Crippen molar-refractivity contribution < 1.29 is 23.4 Å². The first-order valence-electron chi connectivity index (χ1n) is 14.4. The van der Waals surface area contributed by atoms with Gasteiger partial charge < -0.3 is 29.3 Å². The van der Waals surface area contributed by atoms with Crippen LogP contribution in [-0.4, -0.2) is 52.5 Å². The number of carbonyl (C=O) groups is 1. The molecule has 0 saturated carbocycles. The Kier molecular flexibility index (Phi) is 9.69. The number of nitrogen functional groups attached to an aromatic ring is 1. The van der Waals surface area contributed by atoms with Crippen molar-refractivity contribution >= 4 is 25.5 Å². The fraction of sp³-hybridized carbons (Fsp3) is 0.382. The Bertz CT molecular complexity index is 1400. The van der Waals surface area contributed by atoms with Crippen LogP contribution in [0, 0.1) is 0 Å². The number of rotatable bonds is 10. The van der Waals surface area contributed by atoms with Crippen molar-refractivity contribution in [3.63, 3.8) is 0 Å². The summed E-state index contributed by atoms with van der Waals surface area (Å²) in [5, 5.41) is 0.0480. The van der Waals surface area contributed by atoms with Crippen molar-refractivity contribution in [3.8, 4) is 17.2 Å². The zero-order valence-electron chi connectivity index (χ0n) is 25.9. The molecule has 0 aromatic heterocycles. The molecule has 0 aliphatic carbocycles. The van der Waals surface area contributed by atoms with Gasteiger partial charge in [0.25, 0.3) is 5.91 Å². The van der Waals surface area contributed by atoms with Crippen LogP contribution in [0.15, 0.2) is 72.8 Å². The normalized spacial score (nSPS) is 15.6. The van der Waals surface area contributed by atoms with Gasteiger partial charge in [0, 0.05) is 18.3 Å². The largest absolute Gasteiger partial charge is 0.497 e.